The molecule has 1 N–H and O–H groups in total. The third-order valence-corrected chi connectivity index (χ3v) is 7.64. The number of sulfonamides is 1. The summed E-state index contributed by atoms with van der Waals surface area (Å²) in [7, 11) is -3.63. The molecule has 0 spiro atoms. The molecule has 7 nitrogen and oxygen atoms in total. The summed E-state index contributed by atoms with van der Waals surface area (Å²) in [5.74, 6) is 0.396. The van der Waals surface area contributed by atoms with Crippen molar-refractivity contribution in [2.75, 3.05) is 25.2 Å². The average molecular weight is 451 g/mol. The van der Waals surface area contributed by atoms with Crippen LogP contribution in [0.5, 0.6) is 11.5 Å². The minimum absolute atomic E-state index is 0.0514. The molecule has 0 aromatic heterocycles. The van der Waals surface area contributed by atoms with Crippen molar-refractivity contribution in [2.24, 2.45) is 0 Å². The van der Waals surface area contributed by atoms with Crippen LogP contribution in [0.4, 0.5) is 5.69 Å². The van der Waals surface area contributed by atoms with Gasteiger partial charge in [0.15, 0.2) is 11.5 Å². The molecule has 0 bridgehead atoms. The van der Waals surface area contributed by atoms with Crippen LogP contribution in [0.1, 0.15) is 41.6 Å². The number of anilines is 1. The van der Waals surface area contributed by atoms with Gasteiger partial charge in [-0.05, 0) is 49.6 Å². The number of hydrogen-bond donors (Lipinski definition) is 1. The van der Waals surface area contributed by atoms with E-state index in [-0.39, 0.29) is 16.7 Å². The SMILES string of the molecule is Cc1ccc(NC(=O)c2cc(Cl)c3c(c2)OCO3)cc1S(=O)(=O)N1CCCCCC1. The molecule has 0 aliphatic carbocycles. The van der Waals surface area contributed by atoms with Gasteiger partial charge < -0.3 is 14.8 Å². The molecule has 1 amide bonds. The van der Waals surface area contributed by atoms with Gasteiger partial charge in [-0.2, -0.15) is 4.31 Å². The summed E-state index contributed by atoms with van der Waals surface area (Å²) in [6.45, 7) is 2.85. The van der Waals surface area contributed by atoms with E-state index in [0.717, 1.165) is 25.7 Å². The molecule has 0 saturated carbocycles. The summed E-state index contributed by atoms with van der Waals surface area (Å²) in [6.07, 6.45) is 3.80. The Hall–Kier alpha value is -2.29. The summed E-state index contributed by atoms with van der Waals surface area (Å²) in [5.41, 5.74) is 1.33. The van der Waals surface area contributed by atoms with E-state index in [0.29, 0.717) is 41.4 Å². The molecule has 9 heteroatoms. The lowest BCUT2D eigenvalue weighted by Crippen LogP contribution is -2.32. The molecular weight excluding hydrogens is 428 g/mol. The number of nitrogens with one attached hydrogen (secondary N) is 1. The molecule has 1 fully saturated rings. The molecule has 160 valence electrons. The van der Waals surface area contributed by atoms with Gasteiger partial charge in [0.1, 0.15) is 0 Å². The van der Waals surface area contributed by atoms with Crippen molar-refractivity contribution in [3.8, 4) is 11.5 Å². The number of amides is 1. The average Bonchev–Trinajstić information content (AvgIpc) is 3.02. The van der Waals surface area contributed by atoms with E-state index in [2.05, 4.69) is 5.32 Å². The molecule has 2 aliphatic heterocycles. The Labute approximate surface area is 181 Å². The van der Waals surface area contributed by atoms with Gasteiger partial charge in [0.05, 0.1) is 9.92 Å². The van der Waals surface area contributed by atoms with E-state index in [1.807, 2.05) is 0 Å². The molecule has 0 radical (unpaired) electrons. The monoisotopic (exact) mass is 450 g/mol. The number of carbonyl (C=O) groups is 1. The molecule has 1 saturated heterocycles. The van der Waals surface area contributed by atoms with Crippen LogP contribution in [0.2, 0.25) is 5.02 Å². The normalized spacial score (nSPS) is 16.9. The molecule has 2 aliphatic rings. The van der Waals surface area contributed by atoms with Gasteiger partial charge >= 0.3 is 0 Å². The number of benzene rings is 2. The number of nitrogens with zero attached hydrogens (tertiary/aromatic N) is 1. The second kappa shape index (κ2) is 8.45. The fourth-order valence-electron chi connectivity index (χ4n) is 3.68. The highest BCUT2D eigenvalue weighted by Crippen LogP contribution is 2.40. The zero-order chi connectivity index (χ0) is 21.3. The van der Waals surface area contributed by atoms with Crippen LogP contribution in [-0.4, -0.2) is 38.5 Å². The van der Waals surface area contributed by atoms with Crippen LogP contribution < -0.4 is 14.8 Å². The molecule has 0 atom stereocenters. The van der Waals surface area contributed by atoms with Crippen LogP contribution in [-0.2, 0) is 10.0 Å². The molecule has 4 rings (SSSR count). The van der Waals surface area contributed by atoms with Crippen molar-refractivity contribution >= 4 is 33.2 Å². The summed E-state index contributed by atoms with van der Waals surface area (Å²) in [5, 5.41) is 3.04. The lowest BCUT2D eigenvalue weighted by molar-refractivity contribution is 0.102. The summed E-state index contributed by atoms with van der Waals surface area (Å²) in [4.78, 5) is 12.9. The first kappa shape index (κ1) is 21.0. The van der Waals surface area contributed by atoms with Gasteiger partial charge in [-0.3, -0.25) is 4.79 Å². The number of ether oxygens (including phenoxy) is 2. The number of aryl methyl sites for hydroxylation is 1. The first-order chi connectivity index (χ1) is 14.4. The number of halogens is 1. The molecule has 2 aromatic rings. The Morgan fingerprint density at radius 3 is 2.53 bits per heavy atom. The minimum atomic E-state index is -3.63. The van der Waals surface area contributed by atoms with Gasteiger partial charge in [0, 0.05) is 24.3 Å². The van der Waals surface area contributed by atoms with E-state index in [9.17, 15) is 13.2 Å². The molecular formula is C21H23ClN2O5S. The highest BCUT2D eigenvalue weighted by Gasteiger charge is 2.27. The fourth-order valence-corrected chi connectivity index (χ4v) is 5.71. The second-order valence-corrected chi connectivity index (χ2v) is 9.76. The van der Waals surface area contributed by atoms with Crippen LogP contribution >= 0.6 is 11.6 Å². The van der Waals surface area contributed by atoms with Gasteiger partial charge in [-0.1, -0.05) is 30.5 Å². The van der Waals surface area contributed by atoms with Crippen molar-refractivity contribution in [3.05, 3.63) is 46.5 Å². The van der Waals surface area contributed by atoms with Crippen LogP contribution in [0.3, 0.4) is 0 Å². The van der Waals surface area contributed by atoms with Crippen LogP contribution in [0, 0.1) is 6.92 Å². The summed E-state index contributed by atoms with van der Waals surface area (Å²) in [6, 6.07) is 7.94. The maximum Gasteiger partial charge on any atom is 0.255 e. The van der Waals surface area contributed by atoms with Crippen molar-refractivity contribution in [3.63, 3.8) is 0 Å². The zero-order valence-electron chi connectivity index (χ0n) is 16.6. The predicted octanol–water partition coefficient (Wildman–Crippen LogP) is 4.19. The largest absolute Gasteiger partial charge is 0.454 e. The Morgan fingerprint density at radius 2 is 1.80 bits per heavy atom. The molecule has 0 unspecified atom stereocenters. The molecule has 2 heterocycles. The van der Waals surface area contributed by atoms with Crippen molar-refractivity contribution in [1.82, 2.24) is 4.31 Å². The van der Waals surface area contributed by atoms with Crippen molar-refractivity contribution in [2.45, 2.75) is 37.5 Å². The first-order valence-electron chi connectivity index (χ1n) is 9.87. The Kier molecular flexibility index (Phi) is 5.90. The van der Waals surface area contributed by atoms with E-state index >= 15 is 0 Å². The second-order valence-electron chi connectivity index (χ2n) is 7.44. The van der Waals surface area contributed by atoms with Gasteiger partial charge in [-0.25, -0.2) is 8.42 Å². The number of fused-ring (bicyclic) bond motifs is 1. The number of carbonyl (C=O) groups excluding carboxylic acids is 1. The number of rotatable bonds is 4. The van der Waals surface area contributed by atoms with Gasteiger partial charge in [-0.15, -0.1) is 0 Å². The van der Waals surface area contributed by atoms with Crippen LogP contribution in [0.15, 0.2) is 35.2 Å². The quantitative estimate of drug-likeness (QED) is 0.754. The highest BCUT2D eigenvalue weighted by molar-refractivity contribution is 7.89. The molecule has 30 heavy (non-hydrogen) atoms. The molecule has 2 aromatic carbocycles. The minimum Gasteiger partial charge on any atom is -0.454 e. The van der Waals surface area contributed by atoms with E-state index in [1.165, 1.54) is 12.1 Å². The van der Waals surface area contributed by atoms with Crippen molar-refractivity contribution < 1.29 is 22.7 Å². The van der Waals surface area contributed by atoms with E-state index < -0.39 is 15.9 Å². The lowest BCUT2D eigenvalue weighted by Gasteiger charge is -2.21. The van der Waals surface area contributed by atoms with E-state index in [4.69, 9.17) is 21.1 Å². The smallest absolute Gasteiger partial charge is 0.255 e. The maximum atomic E-state index is 13.2. The Morgan fingerprint density at radius 1 is 1.07 bits per heavy atom. The third kappa shape index (κ3) is 4.12. The van der Waals surface area contributed by atoms with Crippen LogP contribution in [0.25, 0.3) is 0 Å². The maximum absolute atomic E-state index is 13.2. The summed E-state index contributed by atoms with van der Waals surface area (Å²) >= 11 is 6.16. The van der Waals surface area contributed by atoms with Gasteiger partial charge in [0.25, 0.3) is 5.91 Å². The zero-order valence-corrected chi connectivity index (χ0v) is 18.2. The third-order valence-electron chi connectivity index (χ3n) is 5.32. The Bertz CT molecular complexity index is 1080. The van der Waals surface area contributed by atoms with E-state index in [1.54, 1.807) is 29.4 Å². The standard InChI is InChI=1S/C21H23ClN2O5S/c1-14-6-7-16(12-19(14)30(26,27)24-8-4-2-3-5-9-24)23-21(25)15-10-17(22)20-18(11-15)28-13-29-20/h6-7,10-12H,2-5,8-9,13H2,1H3,(H,23,25). The Balaban J connectivity index is 1.59. The predicted molar refractivity (Wildman–Crippen MR) is 114 cm³/mol. The number of hydrogen-bond acceptors (Lipinski definition) is 5. The fraction of sp³-hybridized carbons (Fsp3) is 0.381. The van der Waals surface area contributed by atoms with Crippen molar-refractivity contribution in [1.29, 1.82) is 0 Å². The first-order valence-corrected chi connectivity index (χ1v) is 11.7. The van der Waals surface area contributed by atoms with Gasteiger partial charge in [0.2, 0.25) is 16.8 Å². The lowest BCUT2D eigenvalue weighted by atomic mass is 10.1. The summed E-state index contributed by atoms with van der Waals surface area (Å²) < 4.78 is 38.5. The topological polar surface area (TPSA) is 84.9 Å². The highest BCUT2D eigenvalue weighted by atomic mass is 35.5.